The third-order valence-corrected chi connectivity index (χ3v) is 1.00. The van der Waals surface area contributed by atoms with E-state index in [2.05, 4.69) is 9.47 Å². The van der Waals surface area contributed by atoms with Crippen molar-refractivity contribution in [2.75, 3.05) is 6.61 Å². The second-order valence-electron chi connectivity index (χ2n) is 2.05. The van der Waals surface area contributed by atoms with Crippen LogP contribution in [-0.4, -0.2) is 29.8 Å². The van der Waals surface area contributed by atoms with Gasteiger partial charge in [-0.25, -0.2) is 4.79 Å². The van der Waals surface area contributed by atoms with E-state index in [1.54, 1.807) is 6.92 Å². The maximum atomic E-state index is 10.6. The molecule has 0 aromatic carbocycles. The van der Waals surface area contributed by atoms with E-state index in [9.17, 15) is 14.4 Å². The Morgan fingerprint density at radius 2 is 1.85 bits per heavy atom. The summed E-state index contributed by atoms with van der Waals surface area (Å²) < 4.78 is 8.37. The molecule has 0 radical (unpaired) electrons. The fourth-order valence-corrected chi connectivity index (χ4v) is 0.500. The molecule has 0 aromatic heterocycles. The molecule has 13 heavy (non-hydrogen) atoms. The van der Waals surface area contributed by atoms with Crippen molar-refractivity contribution < 1.29 is 29.0 Å². The van der Waals surface area contributed by atoms with Crippen LogP contribution in [-0.2, 0) is 19.1 Å². The zero-order valence-electron chi connectivity index (χ0n) is 7.11. The highest BCUT2D eigenvalue weighted by atomic mass is 16.7. The summed E-state index contributed by atoms with van der Waals surface area (Å²) in [6.45, 7) is 1.66. The first-order chi connectivity index (χ1) is 6.06. The fourth-order valence-electron chi connectivity index (χ4n) is 0.500. The van der Waals surface area contributed by atoms with Crippen LogP contribution < -0.4 is 0 Å². The van der Waals surface area contributed by atoms with E-state index < -0.39 is 18.1 Å². The molecule has 0 aromatic rings. The molecule has 0 saturated carbocycles. The van der Waals surface area contributed by atoms with Crippen molar-refractivity contribution in [1.29, 1.82) is 0 Å². The van der Waals surface area contributed by atoms with Crippen LogP contribution in [0.5, 0.6) is 0 Å². The lowest BCUT2D eigenvalue weighted by Crippen LogP contribution is -2.14. The summed E-state index contributed by atoms with van der Waals surface area (Å²) in [5.41, 5.74) is 0. The van der Waals surface area contributed by atoms with Gasteiger partial charge in [0.1, 0.15) is 0 Å². The average Bonchev–Trinajstić information content (AvgIpc) is 2.01. The Morgan fingerprint density at radius 3 is 2.31 bits per heavy atom. The van der Waals surface area contributed by atoms with Gasteiger partial charge < -0.3 is 14.6 Å². The van der Waals surface area contributed by atoms with Crippen molar-refractivity contribution in [1.82, 2.24) is 0 Å². The molecule has 1 N–H and O–H groups in total. The van der Waals surface area contributed by atoms with Gasteiger partial charge in [-0.05, 0) is 6.92 Å². The maximum absolute atomic E-state index is 10.6. The first-order valence-corrected chi connectivity index (χ1v) is 3.65. The van der Waals surface area contributed by atoms with Crippen LogP contribution in [0.1, 0.15) is 19.8 Å². The standard InChI is InChI=1S/C7H10O6/c1-2-12-7(11)13-6(10)4-3-5(8)9/h2-4H2,1H3,(H,8,9). The monoisotopic (exact) mass is 190 g/mol. The Morgan fingerprint density at radius 1 is 1.23 bits per heavy atom. The number of hydrogen-bond donors (Lipinski definition) is 1. The number of esters is 1. The van der Waals surface area contributed by atoms with Crippen LogP contribution in [0.25, 0.3) is 0 Å². The number of hydrogen-bond acceptors (Lipinski definition) is 5. The molecule has 0 spiro atoms. The van der Waals surface area contributed by atoms with Gasteiger partial charge in [0.25, 0.3) is 0 Å². The van der Waals surface area contributed by atoms with E-state index in [1.165, 1.54) is 0 Å². The molecule has 0 aliphatic rings. The predicted molar refractivity (Wildman–Crippen MR) is 40.0 cm³/mol. The van der Waals surface area contributed by atoms with Gasteiger partial charge >= 0.3 is 18.1 Å². The minimum absolute atomic E-state index is 0.102. The number of ether oxygens (including phenoxy) is 2. The molecule has 6 nitrogen and oxygen atoms in total. The molecule has 0 saturated heterocycles. The number of rotatable bonds is 4. The van der Waals surface area contributed by atoms with Gasteiger partial charge in [-0.2, -0.15) is 0 Å². The normalized spacial score (nSPS) is 9.00. The molecule has 0 atom stereocenters. The molecule has 0 bridgehead atoms. The molecule has 74 valence electrons. The summed E-state index contributed by atoms with van der Waals surface area (Å²) in [6, 6.07) is 0. The lowest BCUT2D eigenvalue weighted by molar-refractivity contribution is -0.145. The molecular weight excluding hydrogens is 180 g/mol. The molecule has 0 aliphatic carbocycles. The Balaban J connectivity index is 3.62. The predicted octanol–water partition coefficient (Wildman–Crippen LogP) is 0.551. The lowest BCUT2D eigenvalue weighted by atomic mass is 10.3. The lowest BCUT2D eigenvalue weighted by Gasteiger charge is -2.00. The number of carboxylic acids is 1. The first kappa shape index (κ1) is 11.4. The maximum Gasteiger partial charge on any atom is 0.516 e. The molecule has 0 unspecified atom stereocenters. The van der Waals surface area contributed by atoms with Crippen molar-refractivity contribution in [3.8, 4) is 0 Å². The Labute approximate surface area is 74.4 Å². The van der Waals surface area contributed by atoms with E-state index >= 15 is 0 Å². The van der Waals surface area contributed by atoms with Gasteiger partial charge in [0.05, 0.1) is 19.4 Å². The van der Waals surface area contributed by atoms with Crippen molar-refractivity contribution in [2.24, 2.45) is 0 Å². The summed E-state index contributed by atoms with van der Waals surface area (Å²) in [5, 5.41) is 8.18. The molecule has 0 heterocycles. The number of carbonyl (C=O) groups excluding carboxylic acids is 2. The third kappa shape index (κ3) is 6.79. The van der Waals surface area contributed by atoms with Crippen molar-refractivity contribution in [3.63, 3.8) is 0 Å². The largest absolute Gasteiger partial charge is 0.516 e. The van der Waals surface area contributed by atoms with Crippen LogP contribution >= 0.6 is 0 Å². The van der Waals surface area contributed by atoms with Gasteiger partial charge in [0, 0.05) is 0 Å². The van der Waals surface area contributed by atoms with E-state index in [0.29, 0.717) is 0 Å². The average molecular weight is 190 g/mol. The van der Waals surface area contributed by atoms with Gasteiger partial charge in [-0.3, -0.25) is 9.59 Å². The third-order valence-electron chi connectivity index (χ3n) is 1.00. The minimum Gasteiger partial charge on any atom is -0.481 e. The zero-order chi connectivity index (χ0) is 10.3. The van der Waals surface area contributed by atoms with Crippen LogP contribution in [0.3, 0.4) is 0 Å². The SMILES string of the molecule is CCOC(=O)OC(=O)CCC(=O)O. The number of carboxylic acid groups (broad SMARTS) is 1. The number of carbonyl (C=O) groups is 3. The zero-order valence-corrected chi connectivity index (χ0v) is 7.11. The van der Waals surface area contributed by atoms with E-state index in [4.69, 9.17) is 5.11 Å². The Bertz CT molecular complexity index is 209. The molecule has 0 rings (SSSR count). The van der Waals surface area contributed by atoms with E-state index in [1.807, 2.05) is 0 Å². The van der Waals surface area contributed by atoms with E-state index in [-0.39, 0.29) is 19.4 Å². The minimum atomic E-state index is -1.12. The van der Waals surface area contributed by atoms with Gasteiger partial charge in [0.2, 0.25) is 0 Å². The summed E-state index contributed by atoms with van der Waals surface area (Å²) in [6.07, 6.45) is -1.80. The first-order valence-electron chi connectivity index (χ1n) is 3.65. The van der Waals surface area contributed by atoms with Crippen LogP contribution in [0.2, 0.25) is 0 Å². The van der Waals surface area contributed by atoms with Crippen molar-refractivity contribution in [2.45, 2.75) is 19.8 Å². The van der Waals surface area contributed by atoms with Gasteiger partial charge in [-0.1, -0.05) is 0 Å². The highest BCUT2D eigenvalue weighted by molar-refractivity contribution is 5.84. The quantitative estimate of drug-likeness (QED) is 0.514. The summed E-state index contributed by atoms with van der Waals surface area (Å²) in [7, 11) is 0. The number of aliphatic carboxylic acids is 1. The fraction of sp³-hybridized carbons (Fsp3) is 0.571. The van der Waals surface area contributed by atoms with Crippen molar-refractivity contribution >= 4 is 18.1 Å². The molecule has 6 heteroatoms. The Kier molecular flexibility index (Phi) is 5.25. The van der Waals surface area contributed by atoms with Crippen LogP contribution in [0.4, 0.5) is 4.79 Å². The molecular formula is C7H10O6. The highest BCUT2D eigenvalue weighted by Crippen LogP contribution is 1.94. The van der Waals surface area contributed by atoms with Crippen LogP contribution in [0.15, 0.2) is 0 Å². The topological polar surface area (TPSA) is 89.9 Å². The summed E-state index contributed by atoms with van der Waals surface area (Å²) >= 11 is 0. The highest BCUT2D eigenvalue weighted by Gasteiger charge is 2.12. The van der Waals surface area contributed by atoms with E-state index in [0.717, 1.165) is 0 Å². The van der Waals surface area contributed by atoms with Gasteiger partial charge in [-0.15, -0.1) is 0 Å². The molecule has 0 fully saturated rings. The second-order valence-corrected chi connectivity index (χ2v) is 2.05. The Hall–Kier alpha value is -1.59. The molecule has 0 amide bonds. The van der Waals surface area contributed by atoms with Crippen LogP contribution in [0, 0.1) is 0 Å². The molecule has 0 aliphatic heterocycles. The smallest absolute Gasteiger partial charge is 0.481 e. The second kappa shape index (κ2) is 5.99. The van der Waals surface area contributed by atoms with Gasteiger partial charge in [0.15, 0.2) is 0 Å². The summed E-state index contributed by atoms with van der Waals surface area (Å²) in [4.78, 5) is 31.1. The summed E-state index contributed by atoms with van der Waals surface area (Å²) in [5.74, 6) is -2.03. The van der Waals surface area contributed by atoms with Crippen molar-refractivity contribution in [3.05, 3.63) is 0 Å².